The Bertz CT molecular complexity index is 406. The number of rotatable bonds is 4. The Kier molecular flexibility index (Phi) is 3.76. The lowest BCUT2D eigenvalue weighted by Crippen LogP contribution is -2.10. The minimum atomic E-state index is -0.629. The second-order valence-corrected chi connectivity index (χ2v) is 3.26. The Hall–Kier alpha value is -1.46. The van der Waals surface area contributed by atoms with Crippen LogP contribution in [0.5, 0.6) is 0 Å². The summed E-state index contributed by atoms with van der Waals surface area (Å²) in [6.07, 6.45) is 0.0462. The Morgan fingerprint density at radius 3 is 2.73 bits per heavy atom. The van der Waals surface area contributed by atoms with Crippen LogP contribution in [0.3, 0.4) is 0 Å². The summed E-state index contributed by atoms with van der Waals surface area (Å²) in [5.41, 5.74) is 4.87. The Labute approximate surface area is 91.0 Å². The number of nitro benzene ring substituents is 1. The van der Waals surface area contributed by atoms with Gasteiger partial charge in [0.05, 0.1) is 9.95 Å². The number of benzene rings is 1. The van der Waals surface area contributed by atoms with Crippen LogP contribution >= 0.6 is 11.6 Å². The molecule has 1 aromatic rings. The molecule has 80 valence electrons. The van der Waals surface area contributed by atoms with E-state index in [2.05, 4.69) is 0 Å². The van der Waals surface area contributed by atoms with E-state index in [1.807, 2.05) is 0 Å². The molecule has 0 saturated heterocycles. The van der Waals surface area contributed by atoms with Crippen LogP contribution in [0.15, 0.2) is 18.2 Å². The van der Waals surface area contributed by atoms with Gasteiger partial charge in [0.25, 0.3) is 5.69 Å². The highest BCUT2D eigenvalue weighted by molar-refractivity contribution is 6.34. The highest BCUT2D eigenvalue weighted by Gasteiger charge is 2.22. The molecular formula is C9H9ClN2O3. The van der Waals surface area contributed by atoms with E-state index in [9.17, 15) is 14.9 Å². The molecular weight excluding hydrogens is 220 g/mol. The zero-order valence-corrected chi connectivity index (χ0v) is 8.53. The van der Waals surface area contributed by atoms with Crippen molar-refractivity contribution >= 4 is 23.1 Å². The van der Waals surface area contributed by atoms with Crippen molar-refractivity contribution in [1.29, 1.82) is 0 Å². The van der Waals surface area contributed by atoms with Gasteiger partial charge in [-0.25, -0.2) is 0 Å². The van der Waals surface area contributed by atoms with Gasteiger partial charge in [-0.2, -0.15) is 0 Å². The minimum absolute atomic E-state index is 0.0462. The highest BCUT2D eigenvalue weighted by atomic mass is 35.5. The number of Topliss-reactive ketones (excluding diaryl/α,β-unsaturated/α-hetero) is 1. The van der Waals surface area contributed by atoms with Crippen LogP contribution in [0, 0.1) is 10.1 Å². The van der Waals surface area contributed by atoms with E-state index >= 15 is 0 Å². The van der Waals surface area contributed by atoms with Crippen molar-refractivity contribution in [2.24, 2.45) is 5.73 Å². The van der Waals surface area contributed by atoms with Crippen molar-refractivity contribution in [1.82, 2.24) is 0 Å². The van der Waals surface area contributed by atoms with Gasteiger partial charge in [0.2, 0.25) is 0 Å². The summed E-state index contributed by atoms with van der Waals surface area (Å²) in [5.74, 6) is -0.408. The standard InChI is InChI=1S/C9H9ClN2O3/c10-6-2-1-3-7(12(14)15)9(6)8(13)4-5-11/h1-3H,4-5,11H2. The van der Waals surface area contributed by atoms with Crippen LogP contribution in [0.4, 0.5) is 5.69 Å². The predicted molar refractivity (Wildman–Crippen MR) is 56.1 cm³/mol. The molecule has 0 spiro atoms. The van der Waals surface area contributed by atoms with E-state index in [1.165, 1.54) is 18.2 Å². The van der Waals surface area contributed by atoms with E-state index in [-0.39, 0.29) is 29.2 Å². The van der Waals surface area contributed by atoms with Crippen LogP contribution in [0.25, 0.3) is 0 Å². The number of hydrogen-bond donors (Lipinski definition) is 1. The van der Waals surface area contributed by atoms with Crippen molar-refractivity contribution in [3.8, 4) is 0 Å². The summed E-state index contributed by atoms with van der Waals surface area (Å²) in [5, 5.41) is 10.7. The summed E-state index contributed by atoms with van der Waals surface area (Å²) >= 11 is 5.74. The largest absolute Gasteiger partial charge is 0.330 e. The topological polar surface area (TPSA) is 86.2 Å². The maximum Gasteiger partial charge on any atom is 0.281 e. The van der Waals surface area contributed by atoms with E-state index in [4.69, 9.17) is 17.3 Å². The van der Waals surface area contributed by atoms with Gasteiger partial charge in [-0.05, 0) is 12.6 Å². The summed E-state index contributed by atoms with van der Waals surface area (Å²) in [6, 6.07) is 4.12. The molecule has 5 nitrogen and oxygen atoms in total. The lowest BCUT2D eigenvalue weighted by molar-refractivity contribution is -0.385. The first-order valence-electron chi connectivity index (χ1n) is 4.24. The minimum Gasteiger partial charge on any atom is -0.330 e. The number of nitrogens with zero attached hydrogens (tertiary/aromatic N) is 1. The molecule has 6 heteroatoms. The lowest BCUT2D eigenvalue weighted by atomic mass is 10.1. The first kappa shape index (κ1) is 11.6. The van der Waals surface area contributed by atoms with Gasteiger partial charge in [-0.1, -0.05) is 17.7 Å². The van der Waals surface area contributed by atoms with Crippen molar-refractivity contribution in [3.63, 3.8) is 0 Å². The number of carbonyl (C=O) groups excluding carboxylic acids is 1. The van der Waals surface area contributed by atoms with Crippen LogP contribution in [-0.2, 0) is 0 Å². The van der Waals surface area contributed by atoms with Crippen LogP contribution < -0.4 is 5.73 Å². The van der Waals surface area contributed by atoms with Gasteiger partial charge in [0, 0.05) is 12.5 Å². The molecule has 15 heavy (non-hydrogen) atoms. The third-order valence-corrected chi connectivity index (χ3v) is 2.15. The highest BCUT2D eigenvalue weighted by Crippen LogP contribution is 2.27. The first-order chi connectivity index (χ1) is 7.07. The molecule has 0 aliphatic rings. The van der Waals surface area contributed by atoms with Crippen LogP contribution in [0.2, 0.25) is 5.02 Å². The molecule has 0 heterocycles. The quantitative estimate of drug-likeness (QED) is 0.483. The fourth-order valence-electron chi connectivity index (χ4n) is 1.20. The molecule has 0 aliphatic heterocycles. The fourth-order valence-corrected chi connectivity index (χ4v) is 1.47. The normalized spacial score (nSPS) is 10.0. The number of halogens is 1. The third kappa shape index (κ3) is 2.51. The number of nitro groups is 1. The van der Waals surface area contributed by atoms with E-state index in [1.54, 1.807) is 0 Å². The monoisotopic (exact) mass is 228 g/mol. The number of carbonyl (C=O) groups is 1. The molecule has 0 atom stereocenters. The van der Waals surface area contributed by atoms with E-state index < -0.39 is 10.7 Å². The molecule has 0 fully saturated rings. The second-order valence-electron chi connectivity index (χ2n) is 2.85. The molecule has 0 aromatic heterocycles. The number of nitrogens with two attached hydrogens (primary N) is 1. The maximum absolute atomic E-state index is 11.5. The van der Waals surface area contributed by atoms with Crippen molar-refractivity contribution in [2.45, 2.75) is 6.42 Å². The average Bonchev–Trinajstić information content (AvgIpc) is 2.17. The molecule has 0 saturated carbocycles. The van der Waals surface area contributed by atoms with Gasteiger partial charge < -0.3 is 5.73 Å². The van der Waals surface area contributed by atoms with E-state index in [0.29, 0.717) is 0 Å². The molecule has 0 amide bonds. The van der Waals surface area contributed by atoms with Gasteiger partial charge >= 0.3 is 0 Å². The molecule has 0 aliphatic carbocycles. The Morgan fingerprint density at radius 2 is 2.20 bits per heavy atom. The van der Waals surface area contributed by atoms with Crippen molar-refractivity contribution < 1.29 is 9.72 Å². The first-order valence-corrected chi connectivity index (χ1v) is 4.62. The zero-order chi connectivity index (χ0) is 11.4. The Morgan fingerprint density at radius 1 is 1.53 bits per heavy atom. The average molecular weight is 229 g/mol. The molecule has 2 N–H and O–H groups in total. The van der Waals surface area contributed by atoms with Crippen LogP contribution in [0.1, 0.15) is 16.8 Å². The van der Waals surface area contributed by atoms with Gasteiger partial charge in [-0.15, -0.1) is 0 Å². The van der Waals surface area contributed by atoms with Gasteiger partial charge in [0.15, 0.2) is 5.78 Å². The number of ketones is 1. The maximum atomic E-state index is 11.5. The fraction of sp³-hybridized carbons (Fsp3) is 0.222. The smallest absolute Gasteiger partial charge is 0.281 e. The van der Waals surface area contributed by atoms with Crippen molar-refractivity contribution in [3.05, 3.63) is 38.9 Å². The molecule has 0 bridgehead atoms. The molecule has 1 rings (SSSR count). The molecule has 1 aromatic carbocycles. The predicted octanol–water partition coefficient (Wildman–Crippen LogP) is 1.78. The summed E-state index contributed by atoms with van der Waals surface area (Å²) in [4.78, 5) is 21.5. The van der Waals surface area contributed by atoms with Crippen LogP contribution in [-0.4, -0.2) is 17.3 Å². The SMILES string of the molecule is NCCC(=O)c1c(Cl)cccc1[N+](=O)[O-]. The Balaban J connectivity index is 3.24. The molecule has 0 unspecified atom stereocenters. The van der Waals surface area contributed by atoms with Gasteiger partial charge in [0.1, 0.15) is 5.56 Å². The zero-order valence-electron chi connectivity index (χ0n) is 7.77. The van der Waals surface area contributed by atoms with Crippen molar-refractivity contribution in [2.75, 3.05) is 6.54 Å². The van der Waals surface area contributed by atoms with Gasteiger partial charge in [-0.3, -0.25) is 14.9 Å². The summed E-state index contributed by atoms with van der Waals surface area (Å²) in [6.45, 7) is 0.140. The summed E-state index contributed by atoms with van der Waals surface area (Å²) in [7, 11) is 0. The number of hydrogen-bond acceptors (Lipinski definition) is 4. The van der Waals surface area contributed by atoms with E-state index in [0.717, 1.165) is 0 Å². The summed E-state index contributed by atoms with van der Waals surface area (Å²) < 4.78 is 0. The third-order valence-electron chi connectivity index (χ3n) is 1.84. The lowest BCUT2D eigenvalue weighted by Gasteiger charge is -2.02. The molecule has 0 radical (unpaired) electrons. The second kappa shape index (κ2) is 4.86.